The van der Waals surface area contributed by atoms with Crippen LogP contribution in [0.1, 0.15) is 6.92 Å². The predicted octanol–water partition coefficient (Wildman–Crippen LogP) is 0.151. The van der Waals surface area contributed by atoms with Crippen LogP contribution in [0.25, 0.3) is 0 Å². The summed E-state index contributed by atoms with van der Waals surface area (Å²) < 4.78 is 4.69. The topological polar surface area (TPSA) is 46.6 Å². The molecule has 0 aromatic rings. The van der Waals surface area contributed by atoms with Gasteiger partial charge in [-0.25, -0.2) is 0 Å². The van der Waals surface area contributed by atoms with Gasteiger partial charge in [-0.15, -0.1) is 0 Å². The Morgan fingerprint density at radius 1 is 1.92 bits per heavy atom. The Labute approximate surface area is 70.8 Å². The van der Waals surface area contributed by atoms with Gasteiger partial charge in [-0.3, -0.25) is 9.59 Å². The van der Waals surface area contributed by atoms with Crippen molar-refractivity contribution in [3.8, 4) is 0 Å². The molecule has 1 saturated heterocycles. The number of ether oxygens (including phenoxy) is 1. The maximum absolute atomic E-state index is 11.1. The maximum atomic E-state index is 11.1. The van der Waals surface area contributed by atoms with E-state index >= 15 is 0 Å². The van der Waals surface area contributed by atoms with E-state index in [-0.39, 0.29) is 5.91 Å². The molecule has 0 saturated carbocycles. The molecular weight excluding hydrogens is 158 g/mol. The third-order valence-corrected chi connectivity index (χ3v) is 1.75. The normalized spacial score (nSPS) is 21.6. The van der Waals surface area contributed by atoms with Gasteiger partial charge >= 0.3 is 5.97 Å². The Morgan fingerprint density at radius 2 is 2.58 bits per heavy atom. The van der Waals surface area contributed by atoms with Gasteiger partial charge in [-0.1, -0.05) is 6.58 Å². The standard InChI is InChI=1S/C8H11NO3/c1-3-9-5-6(7(9)10)8(11)12-4-2/h3,6H,1,4-5H2,2H3. The summed E-state index contributed by atoms with van der Waals surface area (Å²) in [6.45, 7) is 5.86. The Hall–Kier alpha value is -1.32. The molecule has 1 aliphatic heterocycles. The van der Waals surface area contributed by atoms with Crippen molar-refractivity contribution in [2.75, 3.05) is 13.2 Å². The predicted molar refractivity (Wildman–Crippen MR) is 42.0 cm³/mol. The summed E-state index contributed by atoms with van der Waals surface area (Å²) in [5, 5.41) is 0. The molecule has 1 atom stereocenters. The second kappa shape index (κ2) is 3.38. The van der Waals surface area contributed by atoms with Crippen LogP contribution in [-0.4, -0.2) is 29.9 Å². The van der Waals surface area contributed by atoms with E-state index in [4.69, 9.17) is 0 Å². The lowest BCUT2D eigenvalue weighted by atomic mass is 10.00. The Bertz CT molecular complexity index is 224. The van der Waals surface area contributed by atoms with Gasteiger partial charge in [0.05, 0.1) is 6.61 Å². The first-order valence-corrected chi connectivity index (χ1v) is 3.80. The molecule has 1 heterocycles. The van der Waals surface area contributed by atoms with Crippen molar-refractivity contribution in [1.82, 2.24) is 4.90 Å². The van der Waals surface area contributed by atoms with Crippen LogP contribution < -0.4 is 0 Å². The summed E-state index contributed by atoms with van der Waals surface area (Å²) in [4.78, 5) is 23.4. The first-order chi connectivity index (χ1) is 5.70. The van der Waals surface area contributed by atoms with Gasteiger partial charge in [0.15, 0.2) is 5.92 Å². The highest BCUT2D eigenvalue weighted by Crippen LogP contribution is 2.18. The van der Waals surface area contributed by atoms with E-state index < -0.39 is 11.9 Å². The summed E-state index contributed by atoms with van der Waals surface area (Å²) >= 11 is 0. The van der Waals surface area contributed by atoms with Crippen LogP contribution >= 0.6 is 0 Å². The van der Waals surface area contributed by atoms with Gasteiger partial charge in [-0.2, -0.15) is 0 Å². The molecule has 1 rings (SSSR count). The van der Waals surface area contributed by atoms with Crippen LogP contribution in [0.2, 0.25) is 0 Å². The average molecular weight is 169 g/mol. The Kier molecular flexibility index (Phi) is 2.47. The zero-order valence-corrected chi connectivity index (χ0v) is 6.95. The van der Waals surface area contributed by atoms with E-state index in [1.807, 2.05) is 0 Å². The zero-order chi connectivity index (χ0) is 9.14. The highest BCUT2D eigenvalue weighted by molar-refractivity contribution is 6.02. The first-order valence-electron chi connectivity index (χ1n) is 3.80. The second-order valence-corrected chi connectivity index (χ2v) is 2.48. The highest BCUT2D eigenvalue weighted by atomic mass is 16.5. The number of carbonyl (C=O) groups excluding carboxylic acids is 2. The number of nitrogens with zero attached hydrogens (tertiary/aromatic N) is 1. The SMILES string of the molecule is C=CN1CC(C(=O)OCC)C1=O. The monoisotopic (exact) mass is 169 g/mol. The summed E-state index contributed by atoms with van der Waals surface area (Å²) in [7, 11) is 0. The van der Waals surface area contributed by atoms with Crippen molar-refractivity contribution in [3.05, 3.63) is 12.8 Å². The minimum absolute atomic E-state index is 0.219. The molecule has 12 heavy (non-hydrogen) atoms. The van der Waals surface area contributed by atoms with Crippen molar-refractivity contribution in [3.63, 3.8) is 0 Å². The Balaban J connectivity index is 2.43. The van der Waals surface area contributed by atoms with Crippen molar-refractivity contribution in [2.45, 2.75) is 6.92 Å². The van der Waals surface area contributed by atoms with Gasteiger partial charge < -0.3 is 9.64 Å². The molecule has 0 aromatic carbocycles. The van der Waals surface area contributed by atoms with Gasteiger partial charge in [-0.05, 0) is 13.1 Å². The molecule has 1 aliphatic rings. The number of hydrogen-bond donors (Lipinski definition) is 0. The number of β-lactam (4-membered cyclic amide) rings is 1. The molecule has 0 spiro atoms. The number of amides is 1. The molecule has 66 valence electrons. The fraction of sp³-hybridized carbons (Fsp3) is 0.500. The highest BCUT2D eigenvalue weighted by Gasteiger charge is 2.41. The summed E-state index contributed by atoms with van der Waals surface area (Å²) in [6.07, 6.45) is 1.41. The van der Waals surface area contributed by atoms with Crippen LogP contribution in [0.15, 0.2) is 12.8 Å². The van der Waals surface area contributed by atoms with Crippen molar-refractivity contribution in [2.24, 2.45) is 5.92 Å². The van der Waals surface area contributed by atoms with Gasteiger partial charge in [0.1, 0.15) is 0 Å². The summed E-state index contributed by atoms with van der Waals surface area (Å²) in [5.74, 6) is -1.24. The van der Waals surface area contributed by atoms with Gasteiger partial charge in [0, 0.05) is 6.54 Å². The van der Waals surface area contributed by atoms with Crippen molar-refractivity contribution in [1.29, 1.82) is 0 Å². The average Bonchev–Trinajstić information content (AvgIpc) is 2.03. The molecule has 0 aromatic heterocycles. The molecule has 1 amide bonds. The van der Waals surface area contributed by atoms with E-state index in [0.717, 1.165) is 0 Å². The molecule has 1 fully saturated rings. The molecule has 0 N–H and O–H groups in total. The van der Waals surface area contributed by atoms with Crippen LogP contribution in [0.5, 0.6) is 0 Å². The fourth-order valence-electron chi connectivity index (χ4n) is 1.04. The number of hydrogen-bond acceptors (Lipinski definition) is 3. The van der Waals surface area contributed by atoms with Gasteiger partial charge in [0.2, 0.25) is 5.91 Å². The number of rotatable bonds is 3. The minimum atomic E-state index is -0.594. The molecule has 4 heteroatoms. The van der Waals surface area contributed by atoms with E-state index in [2.05, 4.69) is 11.3 Å². The van der Waals surface area contributed by atoms with Crippen LogP contribution in [0.4, 0.5) is 0 Å². The van der Waals surface area contributed by atoms with Crippen LogP contribution in [0, 0.1) is 5.92 Å². The van der Waals surface area contributed by atoms with Crippen LogP contribution in [0.3, 0.4) is 0 Å². The lowest BCUT2D eigenvalue weighted by Gasteiger charge is -2.33. The molecular formula is C8H11NO3. The molecule has 0 bridgehead atoms. The first kappa shape index (κ1) is 8.77. The zero-order valence-electron chi connectivity index (χ0n) is 6.95. The third-order valence-electron chi connectivity index (χ3n) is 1.75. The number of esters is 1. The van der Waals surface area contributed by atoms with E-state index in [0.29, 0.717) is 13.2 Å². The number of likely N-dealkylation sites (tertiary alicyclic amines) is 1. The fourth-order valence-corrected chi connectivity index (χ4v) is 1.04. The summed E-state index contributed by atoms with van der Waals surface area (Å²) in [6, 6.07) is 0. The molecule has 0 radical (unpaired) electrons. The summed E-state index contributed by atoms with van der Waals surface area (Å²) in [5.41, 5.74) is 0. The minimum Gasteiger partial charge on any atom is -0.465 e. The molecule has 1 unspecified atom stereocenters. The lowest BCUT2D eigenvalue weighted by molar-refractivity contribution is -0.163. The second-order valence-electron chi connectivity index (χ2n) is 2.48. The molecule has 0 aliphatic carbocycles. The largest absolute Gasteiger partial charge is 0.465 e. The quantitative estimate of drug-likeness (QED) is 0.343. The molecule has 4 nitrogen and oxygen atoms in total. The Morgan fingerprint density at radius 3 is 3.00 bits per heavy atom. The van der Waals surface area contributed by atoms with E-state index in [9.17, 15) is 9.59 Å². The third kappa shape index (κ3) is 1.32. The van der Waals surface area contributed by atoms with Crippen LogP contribution in [-0.2, 0) is 14.3 Å². The smallest absolute Gasteiger partial charge is 0.320 e. The van der Waals surface area contributed by atoms with Crippen molar-refractivity contribution >= 4 is 11.9 Å². The van der Waals surface area contributed by atoms with Crippen molar-refractivity contribution < 1.29 is 14.3 Å². The lowest BCUT2D eigenvalue weighted by Crippen LogP contribution is -2.53. The van der Waals surface area contributed by atoms with E-state index in [1.54, 1.807) is 6.92 Å². The van der Waals surface area contributed by atoms with Gasteiger partial charge in [0.25, 0.3) is 0 Å². The van der Waals surface area contributed by atoms with E-state index in [1.165, 1.54) is 11.1 Å². The maximum Gasteiger partial charge on any atom is 0.320 e. The number of carbonyl (C=O) groups is 2.